The molecule has 0 aliphatic carbocycles. The molecule has 0 saturated carbocycles. The van der Waals surface area contributed by atoms with E-state index in [1.165, 1.54) is 19.3 Å². The average molecular weight is 385 g/mol. The number of thioether (sulfide) groups is 1. The van der Waals surface area contributed by atoms with E-state index in [9.17, 15) is 21.6 Å². The Balaban J connectivity index is 2.60. The van der Waals surface area contributed by atoms with Crippen LogP contribution in [0.15, 0.2) is 34.4 Å². The van der Waals surface area contributed by atoms with Crippen LogP contribution in [0.4, 0.5) is 13.2 Å². The maximum atomic E-state index is 12.8. The molecule has 2 heterocycles. The van der Waals surface area contributed by atoms with Crippen molar-refractivity contribution in [2.75, 3.05) is 6.26 Å². The van der Waals surface area contributed by atoms with E-state index < -0.39 is 37.7 Å². The zero-order chi connectivity index (χ0) is 17.5. The molecule has 0 N–H and O–H groups in total. The van der Waals surface area contributed by atoms with E-state index in [2.05, 4.69) is 9.98 Å². The van der Waals surface area contributed by atoms with E-state index in [0.717, 1.165) is 6.26 Å². The molecule has 0 spiro atoms. The van der Waals surface area contributed by atoms with E-state index in [0.29, 0.717) is 5.56 Å². The molecule has 1 aliphatic heterocycles. The molecule has 1 aromatic rings. The lowest BCUT2D eigenvalue weighted by atomic mass is 10.1. The molecule has 10 heteroatoms. The summed E-state index contributed by atoms with van der Waals surface area (Å²) >= 11 is 5.59. The largest absolute Gasteiger partial charge is 0.443 e. The highest BCUT2D eigenvalue weighted by atomic mass is 35.5. The van der Waals surface area contributed by atoms with Crippen molar-refractivity contribution in [3.63, 3.8) is 0 Å². The van der Waals surface area contributed by atoms with Crippen molar-refractivity contribution < 1.29 is 21.6 Å². The Bertz CT molecular complexity index is 776. The first-order valence-corrected chi connectivity index (χ1v) is 9.36. The van der Waals surface area contributed by atoms with Gasteiger partial charge in [-0.15, -0.1) is 11.6 Å². The maximum Gasteiger partial charge on any atom is 0.443 e. The van der Waals surface area contributed by atoms with Gasteiger partial charge < -0.3 is 0 Å². The molecule has 0 bridgehead atoms. The van der Waals surface area contributed by atoms with E-state index in [4.69, 9.17) is 11.6 Å². The van der Waals surface area contributed by atoms with Gasteiger partial charge in [-0.1, -0.05) is 0 Å². The molecular weight excluding hydrogens is 373 g/mol. The van der Waals surface area contributed by atoms with Gasteiger partial charge >= 0.3 is 5.51 Å². The number of halogens is 4. The molecule has 0 saturated heterocycles. The van der Waals surface area contributed by atoms with Gasteiger partial charge in [-0.05, 0) is 30.8 Å². The number of allylic oxidation sites excluding steroid dienone is 1. The van der Waals surface area contributed by atoms with Crippen molar-refractivity contribution in [1.82, 2.24) is 4.98 Å². The zero-order valence-electron chi connectivity index (χ0n) is 12.1. The second kappa shape index (κ2) is 6.10. The van der Waals surface area contributed by atoms with E-state index >= 15 is 0 Å². The third-order valence-electron chi connectivity index (χ3n) is 3.13. The van der Waals surface area contributed by atoms with Gasteiger partial charge in [0.25, 0.3) is 0 Å². The van der Waals surface area contributed by atoms with Crippen LogP contribution in [-0.2, 0) is 9.84 Å². The van der Waals surface area contributed by atoms with Crippen LogP contribution in [0.2, 0.25) is 0 Å². The standard InChI is InChI=1S/C13H12ClF3N2O2S2/c1-8-12(14,22-13(15,16)17)6-10(23(2,20)21)11(19-8)9-4-3-5-18-7-9/h3-5,7H,6H2,1-2H3. The van der Waals surface area contributed by atoms with Crippen LogP contribution in [0.1, 0.15) is 18.9 Å². The number of pyridine rings is 1. The summed E-state index contributed by atoms with van der Waals surface area (Å²) in [6, 6.07) is 3.17. The van der Waals surface area contributed by atoms with Crippen molar-refractivity contribution in [2.24, 2.45) is 4.99 Å². The summed E-state index contributed by atoms with van der Waals surface area (Å²) in [5.74, 6) is 0. The number of alkyl halides is 4. The molecule has 1 unspecified atom stereocenters. The van der Waals surface area contributed by atoms with Crippen molar-refractivity contribution in [2.45, 2.75) is 23.1 Å². The molecule has 1 aromatic heterocycles. The summed E-state index contributed by atoms with van der Waals surface area (Å²) in [6.07, 6.45) is 3.31. The predicted octanol–water partition coefficient (Wildman–Crippen LogP) is 3.85. The highest BCUT2D eigenvalue weighted by Gasteiger charge is 2.48. The lowest BCUT2D eigenvalue weighted by Crippen LogP contribution is -2.35. The zero-order valence-corrected chi connectivity index (χ0v) is 14.4. The van der Waals surface area contributed by atoms with Crippen molar-refractivity contribution in [1.29, 1.82) is 0 Å². The Labute approximate surface area is 140 Å². The maximum absolute atomic E-state index is 12.8. The smallest absolute Gasteiger partial charge is 0.264 e. The van der Waals surface area contributed by atoms with Crippen LogP contribution in [0.3, 0.4) is 0 Å². The van der Waals surface area contributed by atoms with Crippen molar-refractivity contribution in [3.05, 3.63) is 35.0 Å². The van der Waals surface area contributed by atoms with Crippen LogP contribution in [0.25, 0.3) is 5.70 Å². The quantitative estimate of drug-likeness (QED) is 0.743. The van der Waals surface area contributed by atoms with Crippen LogP contribution >= 0.6 is 23.4 Å². The Morgan fingerprint density at radius 2 is 2.04 bits per heavy atom. The molecule has 0 aromatic carbocycles. The topological polar surface area (TPSA) is 59.4 Å². The van der Waals surface area contributed by atoms with Crippen LogP contribution in [0.5, 0.6) is 0 Å². The Morgan fingerprint density at radius 3 is 2.52 bits per heavy atom. The van der Waals surface area contributed by atoms with Gasteiger partial charge in [-0.25, -0.2) is 8.42 Å². The fourth-order valence-electron chi connectivity index (χ4n) is 2.06. The minimum Gasteiger partial charge on any atom is -0.264 e. The van der Waals surface area contributed by atoms with Crippen LogP contribution in [0, 0.1) is 0 Å². The second-order valence-corrected chi connectivity index (χ2v) is 9.21. The van der Waals surface area contributed by atoms with Gasteiger partial charge in [0.1, 0.15) is 4.21 Å². The van der Waals surface area contributed by atoms with E-state index in [1.54, 1.807) is 12.1 Å². The lowest BCUT2D eigenvalue weighted by molar-refractivity contribution is -0.0333. The summed E-state index contributed by atoms with van der Waals surface area (Å²) in [5.41, 5.74) is -4.14. The first-order chi connectivity index (χ1) is 10.4. The Kier molecular flexibility index (Phi) is 4.85. The molecule has 126 valence electrons. The number of aliphatic imine (C=N–C) groups is 1. The van der Waals surface area contributed by atoms with Crippen molar-refractivity contribution in [3.8, 4) is 0 Å². The van der Waals surface area contributed by atoms with Crippen molar-refractivity contribution >= 4 is 44.6 Å². The lowest BCUT2D eigenvalue weighted by Gasteiger charge is -2.32. The van der Waals surface area contributed by atoms with Gasteiger partial charge in [-0.2, -0.15) is 13.2 Å². The number of hydrogen-bond acceptors (Lipinski definition) is 5. The molecule has 1 atom stereocenters. The number of sulfone groups is 1. The summed E-state index contributed by atoms with van der Waals surface area (Å²) in [5, 5.41) is 0. The fraction of sp³-hybridized carbons (Fsp3) is 0.385. The number of rotatable bonds is 3. The summed E-state index contributed by atoms with van der Waals surface area (Å²) in [7, 11) is -3.79. The van der Waals surface area contributed by atoms with Crippen LogP contribution in [-0.4, -0.2) is 35.1 Å². The SMILES string of the molecule is CC1=NC(c2cccnc2)=C(S(C)(=O)=O)CC1(Cl)SC(F)(F)F. The second-order valence-electron chi connectivity index (χ2n) is 4.94. The number of hydrogen-bond donors (Lipinski definition) is 0. The molecule has 0 amide bonds. The third-order valence-corrected chi connectivity index (χ3v) is 6.00. The number of nitrogens with zero attached hydrogens (tertiary/aromatic N) is 2. The molecule has 23 heavy (non-hydrogen) atoms. The fourth-order valence-corrected chi connectivity index (χ4v) is 4.44. The average Bonchev–Trinajstić information content (AvgIpc) is 2.39. The molecule has 1 aliphatic rings. The highest BCUT2D eigenvalue weighted by molar-refractivity contribution is 8.03. The van der Waals surface area contributed by atoms with Gasteiger partial charge in [-0.3, -0.25) is 9.98 Å². The molecule has 0 fully saturated rings. The summed E-state index contributed by atoms with van der Waals surface area (Å²) < 4.78 is 60.3. The minimum atomic E-state index is -4.62. The normalized spacial score (nSPS) is 23.0. The van der Waals surface area contributed by atoms with E-state index in [-0.39, 0.29) is 16.3 Å². The van der Waals surface area contributed by atoms with E-state index in [1.807, 2.05) is 0 Å². The number of aromatic nitrogens is 1. The third kappa shape index (κ3) is 4.27. The molecule has 2 rings (SSSR count). The van der Waals surface area contributed by atoms with Gasteiger partial charge in [0.2, 0.25) is 0 Å². The first kappa shape index (κ1) is 18.3. The summed E-state index contributed by atoms with van der Waals surface area (Å²) in [6.45, 7) is 1.35. The van der Waals surface area contributed by atoms with Gasteiger partial charge in [0.05, 0.1) is 10.6 Å². The first-order valence-electron chi connectivity index (χ1n) is 6.27. The monoisotopic (exact) mass is 384 g/mol. The Morgan fingerprint density at radius 1 is 1.39 bits per heavy atom. The Hall–Kier alpha value is -1.06. The highest BCUT2D eigenvalue weighted by Crippen LogP contribution is 2.51. The molecule has 0 radical (unpaired) electrons. The molecular formula is C13H12ClF3N2O2S2. The van der Waals surface area contributed by atoms with Gasteiger partial charge in [0.15, 0.2) is 9.84 Å². The minimum absolute atomic E-state index is 0.00672. The van der Waals surface area contributed by atoms with Crippen LogP contribution < -0.4 is 0 Å². The van der Waals surface area contributed by atoms with Gasteiger partial charge in [0, 0.05) is 36.3 Å². The predicted molar refractivity (Wildman–Crippen MR) is 86.0 cm³/mol. The summed E-state index contributed by atoms with van der Waals surface area (Å²) in [4.78, 5) is 7.71. The molecule has 4 nitrogen and oxygen atoms in total.